The Morgan fingerprint density at radius 2 is 1.85 bits per heavy atom. The number of nitrogens with zero attached hydrogens (tertiary/aromatic N) is 1. The van der Waals surface area contributed by atoms with Gasteiger partial charge in [0.25, 0.3) is 5.91 Å². The van der Waals surface area contributed by atoms with Gasteiger partial charge in [-0.2, -0.15) is 4.31 Å². The number of hydrogen-bond acceptors (Lipinski definition) is 4. The maximum Gasteiger partial charge on any atom is 0.251 e. The van der Waals surface area contributed by atoms with Crippen LogP contribution in [0.25, 0.3) is 0 Å². The van der Waals surface area contributed by atoms with Crippen LogP contribution in [0.5, 0.6) is 5.75 Å². The number of benzene rings is 2. The van der Waals surface area contributed by atoms with Gasteiger partial charge in [0.2, 0.25) is 10.0 Å². The lowest BCUT2D eigenvalue weighted by atomic mass is 10.2. The third-order valence-electron chi connectivity index (χ3n) is 4.35. The van der Waals surface area contributed by atoms with Crippen LogP contribution in [0.4, 0.5) is 0 Å². The molecule has 0 aliphatic rings. The molecule has 0 heterocycles. The van der Waals surface area contributed by atoms with Crippen LogP contribution in [0, 0.1) is 0 Å². The van der Waals surface area contributed by atoms with Crippen molar-refractivity contribution in [2.45, 2.75) is 37.8 Å². The van der Waals surface area contributed by atoms with E-state index in [2.05, 4.69) is 5.32 Å². The van der Waals surface area contributed by atoms with Crippen molar-refractivity contribution in [3.8, 4) is 5.75 Å². The molecule has 0 bridgehead atoms. The van der Waals surface area contributed by atoms with Crippen molar-refractivity contribution in [3.63, 3.8) is 0 Å². The number of amides is 1. The monoisotopic (exact) mass is 390 g/mol. The fraction of sp³-hybridized carbons (Fsp3) is 0.350. The lowest BCUT2D eigenvalue weighted by Gasteiger charge is -2.20. The zero-order chi connectivity index (χ0) is 20.0. The topological polar surface area (TPSA) is 75.7 Å². The minimum Gasteiger partial charge on any atom is -0.495 e. The highest BCUT2D eigenvalue weighted by Crippen LogP contribution is 2.28. The Kier molecular flexibility index (Phi) is 6.98. The number of rotatable bonds is 8. The average Bonchev–Trinajstić information content (AvgIpc) is 2.67. The summed E-state index contributed by atoms with van der Waals surface area (Å²) in [6.07, 6.45) is 0.785. The van der Waals surface area contributed by atoms with Crippen LogP contribution in [0.3, 0.4) is 0 Å². The van der Waals surface area contributed by atoms with Crippen LogP contribution in [0.15, 0.2) is 53.4 Å². The number of ether oxygens (including phenoxy) is 1. The minimum atomic E-state index is -3.84. The van der Waals surface area contributed by atoms with E-state index in [0.717, 1.165) is 12.0 Å². The van der Waals surface area contributed by atoms with Crippen molar-refractivity contribution in [1.29, 1.82) is 0 Å². The van der Waals surface area contributed by atoms with E-state index in [1.165, 1.54) is 30.6 Å². The second kappa shape index (κ2) is 9.01. The normalized spacial score (nSPS) is 12.6. The lowest BCUT2D eigenvalue weighted by Crippen LogP contribution is -2.32. The predicted molar refractivity (Wildman–Crippen MR) is 105 cm³/mol. The molecule has 0 aliphatic heterocycles. The summed E-state index contributed by atoms with van der Waals surface area (Å²) in [5, 5.41) is 2.84. The Labute approximate surface area is 161 Å². The van der Waals surface area contributed by atoms with Crippen molar-refractivity contribution < 1.29 is 17.9 Å². The Balaban J connectivity index is 2.36. The van der Waals surface area contributed by atoms with E-state index in [-0.39, 0.29) is 34.7 Å². The Bertz CT molecular complexity index is 882. The maximum atomic E-state index is 13.1. The van der Waals surface area contributed by atoms with Gasteiger partial charge in [0, 0.05) is 25.2 Å². The molecule has 0 radical (unpaired) electrons. The van der Waals surface area contributed by atoms with Crippen molar-refractivity contribution >= 4 is 15.9 Å². The number of sulfonamides is 1. The molecule has 146 valence electrons. The standard InChI is InChI=1S/C20H26N2O4S/c1-5-15(2)21-20(23)17-11-12-18(26-4)19(13-17)27(24,25)22(3)14-16-9-7-6-8-10-16/h6-13,15H,5,14H2,1-4H3,(H,21,23). The molecule has 1 atom stereocenters. The summed E-state index contributed by atoms with van der Waals surface area (Å²) in [6, 6.07) is 13.8. The number of carbonyl (C=O) groups is 1. The van der Waals surface area contributed by atoms with Crippen molar-refractivity contribution in [1.82, 2.24) is 9.62 Å². The Hall–Kier alpha value is -2.38. The molecule has 0 saturated carbocycles. The molecule has 7 heteroatoms. The zero-order valence-corrected chi connectivity index (χ0v) is 16.9. The van der Waals surface area contributed by atoms with Gasteiger partial charge in [-0.15, -0.1) is 0 Å². The van der Waals surface area contributed by atoms with Crippen LogP contribution in [0.1, 0.15) is 36.2 Å². The van der Waals surface area contributed by atoms with Crippen LogP contribution < -0.4 is 10.1 Å². The summed E-state index contributed by atoms with van der Waals surface area (Å²) in [4.78, 5) is 12.4. The van der Waals surface area contributed by atoms with E-state index in [1.54, 1.807) is 6.07 Å². The van der Waals surface area contributed by atoms with Gasteiger partial charge in [0.1, 0.15) is 10.6 Å². The number of hydrogen-bond donors (Lipinski definition) is 1. The van der Waals surface area contributed by atoms with Crippen molar-refractivity contribution in [2.24, 2.45) is 0 Å². The lowest BCUT2D eigenvalue weighted by molar-refractivity contribution is 0.0939. The number of carbonyl (C=O) groups excluding carboxylic acids is 1. The number of methoxy groups -OCH3 is 1. The molecule has 6 nitrogen and oxygen atoms in total. The molecule has 0 aliphatic carbocycles. The molecule has 0 spiro atoms. The molecule has 0 aromatic heterocycles. The highest BCUT2D eigenvalue weighted by atomic mass is 32.2. The first-order chi connectivity index (χ1) is 12.8. The van der Waals surface area contributed by atoms with E-state index >= 15 is 0 Å². The molecule has 0 saturated heterocycles. The summed E-state index contributed by atoms with van der Waals surface area (Å²) < 4.78 is 32.6. The molecule has 1 unspecified atom stereocenters. The Morgan fingerprint density at radius 3 is 2.44 bits per heavy atom. The molecular formula is C20H26N2O4S. The van der Waals surface area contributed by atoms with Crippen LogP contribution in [0.2, 0.25) is 0 Å². The average molecular weight is 391 g/mol. The van der Waals surface area contributed by atoms with Crippen LogP contribution in [-0.4, -0.2) is 38.8 Å². The Morgan fingerprint density at radius 1 is 1.19 bits per heavy atom. The van der Waals surface area contributed by atoms with E-state index in [4.69, 9.17) is 4.74 Å². The molecule has 1 amide bonds. The molecule has 27 heavy (non-hydrogen) atoms. The predicted octanol–water partition coefficient (Wildman–Crippen LogP) is 3.04. The second-order valence-corrected chi connectivity index (χ2v) is 8.41. The molecule has 2 aromatic carbocycles. The van der Waals surface area contributed by atoms with E-state index < -0.39 is 10.0 Å². The summed E-state index contributed by atoms with van der Waals surface area (Å²) in [6.45, 7) is 4.08. The second-order valence-electron chi connectivity index (χ2n) is 6.40. The first kappa shape index (κ1) is 20.9. The van der Waals surface area contributed by atoms with Gasteiger partial charge < -0.3 is 10.1 Å². The maximum absolute atomic E-state index is 13.1. The fourth-order valence-corrected chi connectivity index (χ4v) is 3.86. The van der Waals surface area contributed by atoms with E-state index in [1.807, 2.05) is 44.2 Å². The summed E-state index contributed by atoms with van der Waals surface area (Å²) in [5.74, 6) is -0.107. The van der Waals surface area contributed by atoms with Crippen LogP contribution >= 0.6 is 0 Å². The van der Waals surface area contributed by atoms with Gasteiger partial charge in [0.05, 0.1) is 7.11 Å². The van der Waals surface area contributed by atoms with Gasteiger partial charge >= 0.3 is 0 Å². The van der Waals surface area contributed by atoms with E-state index in [9.17, 15) is 13.2 Å². The van der Waals surface area contributed by atoms with Gasteiger partial charge in [-0.1, -0.05) is 37.3 Å². The SMILES string of the molecule is CCC(C)NC(=O)c1ccc(OC)c(S(=O)(=O)N(C)Cc2ccccc2)c1. The molecular weight excluding hydrogens is 364 g/mol. The van der Waals surface area contributed by atoms with Gasteiger partial charge in [-0.25, -0.2) is 8.42 Å². The highest BCUT2D eigenvalue weighted by Gasteiger charge is 2.26. The zero-order valence-electron chi connectivity index (χ0n) is 16.1. The fourth-order valence-electron chi connectivity index (χ4n) is 2.52. The molecule has 1 N–H and O–H groups in total. The minimum absolute atomic E-state index is 0.000382. The van der Waals surface area contributed by atoms with Gasteiger partial charge in [-0.05, 0) is 37.1 Å². The molecule has 2 rings (SSSR count). The van der Waals surface area contributed by atoms with Crippen LogP contribution in [-0.2, 0) is 16.6 Å². The molecule has 2 aromatic rings. The first-order valence-electron chi connectivity index (χ1n) is 8.78. The largest absolute Gasteiger partial charge is 0.495 e. The van der Waals surface area contributed by atoms with E-state index in [0.29, 0.717) is 0 Å². The first-order valence-corrected chi connectivity index (χ1v) is 10.2. The van der Waals surface area contributed by atoms with Gasteiger partial charge in [0.15, 0.2) is 0 Å². The summed E-state index contributed by atoms with van der Waals surface area (Å²) in [5.41, 5.74) is 1.15. The third-order valence-corrected chi connectivity index (χ3v) is 6.18. The highest BCUT2D eigenvalue weighted by molar-refractivity contribution is 7.89. The third kappa shape index (κ3) is 5.08. The van der Waals surface area contributed by atoms with Gasteiger partial charge in [-0.3, -0.25) is 4.79 Å². The summed E-state index contributed by atoms with van der Waals surface area (Å²) >= 11 is 0. The summed E-state index contributed by atoms with van der Waals surface area (Å²) in [7, 11) is -0.927. The van der Waals surface area contributed by atoms with Crippen molar-refractivity contribution in [2.75, 3.05) is 14.2 Å². The smallest absolute Gasteiger partial charge is 0.251 e. The van der Waals surface area contributed by atoms with Crippen molar-refractivity contribution in [3.05, 3.63) is 59.7 Å². The number of nitrogens with one attached hydrogen (secondary N) is 1. The molecule has 0 fully saturated rings. The quantitative estimate of drug-likeness (QED) is 0.752.